The van der Waals surface area contributed by atoms with Gasteiger partial charge >= 0.3 is 0 Å². The summed E-state index contributed by atoms with van der Waals surface area (Å²) in [7, 11) is 2.23. The summed E-state index contributed by atoms with van der Waals surface area (Å²) in [5.74, 6) is 0. The fraction of sp³-hybridized carbons (Fsp3) is 1.00. The maximum atomic E-state index is 3.46. The lowest BCUT2D eigenvalue weighted by atomic mass is 10.3. The molecule has 0 aromatic carbocycles. The summed E-state index contributed by atoms with van der Waals surface area (Å²) in [6, 6.07) is 0. The van der Waals surface area contributed by atoms with E-state index in [2.05, 4.69) is 29.1 Å². The summed E-state index contributed by atoms with van der Waals surface area (Å²) in [5.41, 5.74) is 0. The largest absolute Gasteiger partial charge is 0.317 e. The first-order valence-corrected chi connectivity index (χ1v) is 6.44. The molecule has 0 atom stereocenters. The first-order valence-electron chi connectivity index (χ1n) is 6.44. The van der Waals surface area contributed by atoms with Crippen molar-refractivity contribution < 1.29 is 0 Å². The molecule has 1 rings (SSSR count). The molecule has 3 heteroatoms. The van der Waals surface area contributed by atoms with E-state index in [1.807, 2.05) is 0 Å². The van der Waals surface area contributed by atoms with Crippen molar-refractivity contribution in [1.29, 1.82) is 0 Å². The molecule has 1 aliphatic heterocycles. The maximum Gasteiger partial charge on any atom is 0.0109 e. The van der Waals surface area contributed by atoms with Gasteiger partial charge in [0.1, 0.15) is 0 Å². The molecular weight excluding hydrogens is 186 g/mol. The van der Waals surface area contributed by atoms with E-state index in [1.165, 1.54) is 65.1 Å². The Morgan fingerprint density at radius 1 is 1.07 bits per heavy atom. The van der Waals surface area contributed by atoms with Crippen molar-refractivity contribution in [3.05, 3.63) is 0 Å². The summed E-state index contributed by atoms with van der Waals surface area (Å²) in [6.45, 7) is 10.9. The number of nitrogens with zero attached hydrogens (tertiary/aromatic N) is 2. The lowest BCUT2D eigenvalue weighted by Gasteiger charge is -2.19. The molecule has 0 aromatic rings. The highest BCUT2D eigenvalue weighted by Crippen LogP contribution is 2.01. The minimum Gasteiger partial charge on any atom is -0.317 e. The monoisotopic (exact) mass is 213 g/mol. The zero-order valence-corrected chi connectivity index (χ0v) is 10.5. The van der Waals surface area contributed by atoms with Crippen molar-refractivity contribution in [3.8, 4) is 0 Å². The third-order valence-electron chi connectivity index (χ3n) is 3.07. The molecule has 1 heterocycles. The minimum atomic E-state index is 1.17. The van der Waals surface area contributed by atoms with Crippen molar-refractivity contribution in [2.45, 2.75) is 26.2 Å². The van der Waals surface area contributed by atoms with E-state index in [0.717, 1.165) is 0 Å². The van der Waals surface area contributed by atoms with Crippen LogP contribution in [0.4, 0.5) is 0 Å². The highest BCUT2D eigenvalue weighted by atomic mass is 15.2. The third-order valence-corrected chi connectivity index (χ3v) is 3.07. The third kappa shape index (κ3) is 6.13. The number of nitrogens with one attached hydrogen (secondary N) is 1. The lowest BCUT2D eigenvalue weighted by molar-refractivity contribution is 0.272. The second-order valence-electron chi connectivity index (χ2n) is 4.60. The molecule has 1 aliphatic rings. The number of hydrogen-bond donors (Lipinski definition) is 1. The van der Waals surface area contributed by atoms with Gasteiger partial charge in [-0.25, -0.2) is 0 Å². The second kappa shape index (κ2) is 8.08. The second-order valence-corrected chi connectivity index (χ2v) is 4.60. The van der Waals surface area contributed by atoms with Crippen molar-refractivity contribution in [3.63, 3.8) is 0 Å². The van der Waals surface area contributed by atoms with Crippen LogP contribution in [0.3, 0.4) is 0 Å². The Kier molecular flexibility index (Phi) is 6.98. The normalized spacial score (nSPS) is 20.4. The Morgan fingerprint density at radius 3 is 2.73 bits per heavy atom. The van der Waals surface area contributed by atoms with Crippen LogP contribution in [0, 0.1) is 0 Å². The molecule has 0 amide bonds. The van der Waals surface area contributed by atoms with Crippen LogP contribution in [0.25, 0.3) is 0 Å². The van der Waals surface area contributed by atoms with Crippen LogP contribution in [0.5, 0.6) is 0 Å². The fourth-order valence-corrected chi connectivity index (χ4v) is 2.05. The number of rotatable bonds is 6. The highest BCUT2D eigenvalue weighted by molar-refractivity contribution is 4.67. The summed E-state index contributed by atoms with van der Waals surface area (Å²) >= 11 is 0. The molecule has 90 valence electrons. The molecule has 1 fully saturated rings. The van der Waals surface area contributed by atoms with Crippen LogP contribution in [0.1, 0.15) is 26.2 Å². The molecule has 0 aliphatic carbocycles. The summed E-state index contributed by atoms with van der Waals surface area (Å²) in [6.07, 6.45) is 3.87. The van der Waals surface area contributed by atoms with E-state index in [4.69, 9.17) is 0 Å². The fourth-order valence-electron chi connectivity index (χ4n) is 2.05. The molecule has 1 saturated heterocycles. The van der Waals surface area contributed by atoms with Crippen LogP contribution in [0.15, 0.2) is 0 Å². The quantitative estimate of drug-likeness (QED) is 0.665. The molecular formula is C12H27N3. The van der Waals surface area contributed by atoms with E-state index in [9.17, 15) is 0 Å². The molecule has 0 unspecified atom stereocenters. The van der Waals surface area contributed by atoms with Gasteiger partial charge in [0.2, 0.25) is 0 Å². The smallest absolute Gasteiger partial charge is 0.0109 e. The zero-order valence-electron chi connectivity index (χ0n) is 10.5. The SMILES string of the molecule is CCCNCCCN1CCCN(C)CC1. The minimum absolute atomic E-state index is 1.17. The van der Waals surface area contributed by atoms with E-state index in [1.54, 1.807) is 0 Å². The summed E-state index contributed by atoms with van der Waals surface area (Å²) in [4.78, 5) is 5.05. The molecule has 0 aromatic heterocycles. The standard InChI is InChI=1S/C12H27N3/c1-3-6-13-7-4-9-15-10-5-8-14(2)11-12-15/h13H,3-12H2,1-2H3. The Balaban J connectivity index is 2.00. The van der Waals surface area contributed by atoms with Crippen LogP contribution in [-0.4, -0.2) is 62.7 Å². The number of likely N-dealkylation sites (N-methyl/N-ethyl adjacent to an activating group) is 1. The van der Waals surface area contributed by atoms with Crippen LogP contribution in [-0.2, 0) is 0 Å². The highest BCUT2D eigenvalue weighted by Gasteiger charge is 2.10. The molecule has 15 heavy (non-hydrogen) atoms. The summed E-state index contributed by atoms with van der Waals surface area (Å²) < 4.78 is 0. The lowest BCUT2D eigenvalue weighted by Crippen LogP contribution is -2.31. The predicted octanol–water partition coefficient (Wildman–Crippen LogP) is 1.01. The van der Waals surface area contributed by atoms with Gasteiger partial charge in [-0.3, -0.25) is 0 Å². The molecule has 0 saturated carbocycles. The molecule has 0 spiro atoms. The number of hydrogen-bond acceptors (Lipinski definition) is 3. The van der Waals surface area contributed by atoms with Crippen molar-refractivity contribution in [2.24, 2.45) is 0 Å². The van der Waals surface area contributed by atoms with E-state index in [-0.39, 0.29) is 0 Å². The Hall–Kier alpha value is -0.120. The van der Waals surface area contributed by atoms with E-state index in [0.29, 0.717) is 0 Å². The maximum absolute atomic E-state index is 3.46. The summed E-state index contributed by atoms with van der Waals surface area (Å²) in [5, 5.41) is 3.46. The van der Waals surface area contributed by atoms with Gasteiger partial charge in [-0.05, 0) is 59.0 Å². The van der Waals surface area contributed by atoms with Gasteiger partial charge in [0.05, 0.1) is 0 Å². The van der Waals surface area contributed by atoms with Gasteiger partial charge in [-0.1, -0.05) is 6.92 Å². The molecule has 0 radical (unpaired) electrons. The van der Waals surface area contributed by atoms with Crippen molar-refractivity contribution in [2.75, 3.05) is 52.9 Å². The first-order chi connectivity index (χ1) is 7.33. The Morgan fingerprint density at radius 2 is 1.93 bits per heavy atom. The molecule has 3 nitrogen and oxygen atoms in total. The van der Waals surface area contributed by atoms with Crippen LogP contribution < -0.4 is 5.32 Å². The zero-order chi connectivity index (χ0) is 10.9. The topological polar surface area (TPSA) is 18.5 Å². The van der Waals surface area contributed by atoms with Crippen LogP contribution in [0.2, 0.25) is 0 Å². The average Bonchev–Trinajstić information content (AvgIpc) is 2.43. The van der Waals surface area contributed by atoms with Crippen molar-refractivity contribution >= 4 is 0 Å². The van der Waals surface area contributed by atoms with Crippen LogP contribution >= 0.6 is 0 Å². The van der Waals surface area contributed by atoms with Gasteiger partial charge in [-0.2, -0.15) is 0 Å². The Bertz CT molecular complexity index is 150. The van der Waals surface area contributed by atoms with Gasteiger partial charge in [0.25, 0.3) is 0 Å². The van der Waals surface area contributed by atoms with E-state index < -0.39 is 0 Å². The van der Waals surface area contributed by atoms with E-state index >= 15 is 0 Å². The molecule has 0 bridgehead atoms. The predicted molar refractivity (Wildman–Crippen MR) is 66.3 cm³/mol. The first kappa shape index (κ1) is 12.9. The van der Waals surface area contributed by atoms with Gasteiger partial charge in [-0.15, -0.1) is 0 Å². The van der Waals surface area contributed by atoms with Crippen molar-refractivity contribution in [1.82, 2.24) is 15.1 Å². The van der Waals surface area contributed by atoms with Gasteiger partial charge < -0.3 is 15.1 Å². The average molecular weight is 213 g/mol. The molecule has 1 N–H and O–H groups in total. The van der Waals surface area contributed by atoms with Gasteiger partial charge in [0, 0.05) is 13.1 Å². The Labute approximate surface area is 94.8 Å². The van der Waals surface area contributed by atoms with Gasteiger partial charge in [0.15, 0.2) is 0 Å².